The Labute approximate surface area is 140 Å². The van der Waals surface area contributed by atoms with Crippen LogP contribution in [0.15, 0.2) is 30.6 Å². The fourth-order valence-electron chi connectivity index (χ4n) is 3.01. The van der Waals surface area contributed by atoms with E-state index in [0.717, 1.165) is 43.5 Å². The normalized spacial score (nSPS) is 14.5. The highest BCUT2D eigenvalue weighted by Gasteiger charge is 2.27. The molecule has 0 atom stereocenters. The van der Waals surface area contributed by atoms with Crippen LogP contribution in [0.1, 0.15) is 30.4 Å². The highest BCUT2D eigenvalue weighted by atomic mass is 16.6. The van der Waals surface area contributed by atoms with Gasteiger partial charge in [-0.3, -0.25) is 10.1 Å². The Morgan fingerprint density at radius 2 is 2.04 bits per heavy atom. The van der Waals surface area contributed by atoms with Gasteiger partial charge in [0, 0.05) is 19.6 Å². The number of nitrogens with zero attached hydrogens (tertiary/aromatic N) is 4. The summed E-state index contributed by atoms with van der Waals surface area (Å²) in [4.78, 5) is 21.5. The molecule has 7 nitrogen and oxygen atoms in total. The molecule has 1 fully saturated rings. The summed E-state index contributed by atoms with van der Waals surface area (Å²) < 4.78 is 0. The molecule has 126 valence electrons. The van der Waals surface area contributed by atoms with Crippen molar-refractivity contribution >= 4 is 17.3 Å². The lowest BCUT2D eigenvalue weighted by molar-refractivity contribution is -0.383. The number of hydrogen-bond donors (Lipinski definition) is 1. The van der Waals surface area contributed by atoms with Gasteiger partial charge >= 0.3 is 5.69 Å². The monoisotopic (exact) mass is 327 g/mol. The quantitative estimate of drug-likeness (QED) is 0.670. The molecule has 2 aromatic rings. The zero-order valence-corrected chi connectivity index (χ0v) is 13.7. The number of hydrogen-bond acceptors (Lipinski definition) is 6. The minimum absolute atomic E-state index is 0.0351. The first-order chi connectivity index (χ1) is 11.6. The average molecular weight is 327 g/mol. The first-order valence-corrected chi connectivity index (χ1v) is 8.19. The highest BCUT2D eigenvalue weighted by Crippen LogP contribution is 2.33. The molecule has 0 amide bonds. The average Bonchev–Trinajstić information content (AvgIpc) is 2.60. The van der Waals surface area contributed by atoms with Gasteiger partial charge in [0.25, 0.3) is 0 Å². The van der Waals surface area contributed by atoms with Crippen LogP contribution in [0.4, 0.5) is 17.3 Å². The van der Waals surface area contributed by atoms with Crippen LogP contribution in [0.2, 0.25) is 0 Å². The van der Waals surface area contributed by atoms with Gasteiger partial charge in [0.05, 0.1) is 4.92 Å². The molecule has 1 aromatic carbocycles. The smallest absolute Gasteiger partial charge is 0.353 e. The van der Waals surface area contributed by atoms with Crippen LogP contribution in [0.5, 0.6) is 0 Å². The summed E-state index contributed by atoms with van der Waals surface area (Å²) in [6.07, 6.45) is 4.63. The molecule has 0 saturated carbocycles. The van der Waals surface area contributed by atoms with Crippen LogP contribution >= 0.6 is 0 Å². The molecule has 0 bridgehead atoms. The number of aryl methyl sites for hydroxylation is 1. The third-order valence-electron chi connectivity index (χ3n) is 4.18. The second kappa shape index (κ2) is 7.25. The molecule has 2 heterocycles. The third kappa shape index (κ3) is 3.61. The molecule has 1 aliphatic heterocycles. The summed E-state index contributed by atoms with van der Waals surface area (Å²) >= 11 is 0. The predicted molar refractivity (Wildman–Crippen MR) is 93.3 cm³/mol. The van der Waals surface area contributed by atoms with E-state index in [-0.39, 0.29) is 16.4 Å². The minimum atomic E-state index is -0.386. The Bertz CT molecular complexity index is 729. The molecule has 0 radical (unpaired) electrons. The lowest BCUT2D eigenvalue weighted by Gasteiger charge is -2.27. The number of piperidine rings is 1. The molecular weight excluding hydrogens is 306 g/mol. The summed E-state index contributed by atoms with van der Waals surface area (Å²) in [5, 5.41) is 14.7. The van der Waals surface area contributed by atoms with Crippen molar-refractivity contribution in [2.75, 3.05) is 23.3 Å². The first kappa shape index (κ1) is 16.2. The third-order valence-corrected chi connectivity index (χ3v) is 4.18. The summed E-state index contributed by atoms with van der Waals surface area (Å²) in [6.45, 7) is 4.11. The van der Waals surface area contributed by atoms with Crippen LogP contribution in [0.3, 0.4) is 0 Å². The van der Waals surface area contributed by atoms with Crippen molar-refractivity contribution in [3.63, 3.8) is 0 Å². The Hall–Kier alpha value is -2.70. The molecule has 7 heteroatoms. The summed E-state index contributed by atoms with van der Waals surface area (Å²) in [5.74, 6) is 0.693. The van der Waals surface area contributed by atoms with Crippen LogP contribution in [-0.4, -0.2) is 28.0 Å². The lowest BCUT2D eigenvalue weighted by atomic mass is 10.1. The molecule has 24 heavy (non-hydrogen) atoms. The lowest BCUT2D eigenvalue weighted by Crippen LogP contribution is -2.31. The summed E-state index contributed by atoms with van der Waals surface area (Å²) in [7, 11) is 0. The van der Waals surface area contributed by atoms with Crippen molar-refractivity contribution in [1.29, 1.82) is 0 Å². The summed E-state index contributed by atoms with van der Waals surface area (Å²) in [6, 6.07) is 8.02. The molecule has 0 aliphatic carbocycles. The first-order valence-electron chi connectivity index (χ1n) is 8.19. The number of aromatic nitrogens is 2. The standard InChI is InChI=1S/C17H21N5O2/c1-13-6-5-7-14(10-13)11-18-16-15(22(23)24)17(20-12-19-16)21-8-3-2-4-9-21/h5-7,10,12H,2-4,8-9,11H2,1H3,(H,18,19,20). The molecule has 0 unspecified atom stereocenters. The summed E-state index contributed by atoms with van der Waals surface area (Å²) in [5.41, 5.74) is 2.18. The zero-order chi connectivity index (χ0) is 16.9. The van der Waals surface area contributed by atoms with Gasteiger partial charge in [0.1, 0.15) is 6.33 Å². The zero-order valence-electron chi connectivity index (χ0n) is 13.7. The fourth-order valence-corrected chi connectivity index (χ4v) is 3.01. The van der Waals surface area contributed by atoms with Gasteiger partial charge in [0.15, 0.2) is 0 Å². The second-order valence-corrected chi connectivity index (χ2v) is 6.04. The van der Waals surface area contributed by atoms with Gasteiger partial charge in [-0.05, 0) is 31.7 Å². The van der Waals surface area contributed by atoms with E-state index in [1.165, 1.54) is 6.33 Å². The molecular formula is C17H21N5O2. The number of rotatable bonds is 5. The van der Waals surface area contributed by atoms with Crippen LogP contribution in [0, 0.1) is 17.0 Å². The molecule has 0 spiro atoms. The van der Waals surface area contributed by atoms with Crippen molar-refractivity contribution < 1.29 is 4.92 Å². The van der Waals surface area contributed by atoms with E-state index in [9.17, 15) is 10.1 Å². The number of nitro groups is 1. The van der Waals surface area contributed by atoms with Gasteiger partial charge in [-0.1, -0.05) is 29.8 Å². The topological polar surface area (TPSA) is 84.2 Å². The van der Waals surface area contributed by atoms with Crippen molar-refractivity contribution in [3.8, 4) is 0 Å². The maximum Gasteiger partial charge on any atom is 0.353 e. The molecule has 1 aliphatic rings. The molecule has 1 N–H and O–H groups in total. The molecule has 1 saturated heterocycles. The van der Waals surface area contributed by atoms with Gasteiger partial charge in [-0.2, -0.15) is 0 Å². The SMILES string of the molecule is Cc1cccc(CNc2ncnc(N3CCCCC3)c2[N+](=O)[O-])c1. The predicted octanol–water partition coefficient (Wildman–Crippen LogP) is 3.30. The number of anilines is 2. The van der Waals surface area contributed by atoms with Crippen molar-refractivity contribution in [3.05, 3.63) is 51.8 Å². The van der Waals surface area contributed by atoms with Crippen LogP contribution < -0.4 is 10.2 Å². The van der Waals surface area contributed by atoms with Crippen LogP contribution in [0.25, 0.3) is 0 Å². The van der Waals surface area contributed by atoms with Crippen molar-refractivity contribution in [2.45, 2.75) is 32.7 Å². The number of nitrogens with one attached hydrogen (secondary N) is 1. The minimum Gasteiger partial charge on any atom is -0.360 e. The van der Waals surface area contributed by atoms with E-state index < -0.39 is 0 Å². The van der Waals surface area contributed by atoms with Gasteiger partial charge in [-0.15, -0.1) is 0 Å². The van der Waals surface area contributed by atoms with E-state index in [0.29, 0.717) is 12.4 Å². The Morgan fingerprint density at radius 3 is 2.75 bits per heavy atom. The van der Waals surface area contributed by atoms with E-state index in [4.69, 9.17) is 0 Å². The second-order valence-electron chi connectivity index (χ2n) is 6.04. The van der Waals surface area contributed by atoms with Crippen molar-refractivity contribution in [2.24, 2.45) is 0 Å². The Kier molecular flexibility index (Phi) is 4.88. The molecule has 1 aromatic heterocycles. The Balaban J connectivity index is 1.85. The maximum atomic E-state index is 11.6. The van der Waals surface area contributed by atoms with E-state index in [1.54, 1.807) is 0 Å². The van der Waals surface area contributed by atoms with E-state index in [1.807, 2.05) is 36.1 Å². The largest absolute Gasteiger partial charge is 0.360 e. The fraction of sp³-hybridized carbons (Fsp3) is 0.412. The maximum absolute atomic E-state index is 11.6. The van der Waals surface area contributed by atoms with Crippen LogP contribution in [-0.2, 0) is 6.54 Å². The van der Waals surface area contributed by atoms with Crippen molar-refractivity contribution in [1.82, 2.24) is 9.97 Å². The van der Waals surface area contributed by atoms with Gasteiger partial charge < -0.3 is 10.2 Å². The van der Waals surface area contributed by atoms with Gasteiger partial charge in [0.2, 0.25) is 11.6 Å². The Morgan fingerprint density at radius 1 is 1.25 bits per heavy atom. The highest BCUT2D eigenvalue weighted by molar-refractivity contribution is 5.70. The van der Waals surface area contributed by atoms with E-state index in [2.05, 4.69) is 15.3 Å². The number of benzene rings is 1. The van der Waals surface area contributed by atoms with E-state index >= 15 is 0 Å². The van der Waals surface area contributed by atoms with Gasteiger partial charge in [-0.25, -0.2) is 9.97 Å². The molecule has 3 rings (SSSR count).